The minimum Gasteiger partial charge on any atom is -0.394 e. The third kappa shape index (κ3) is 4.60. The van der Waals surface area contributed by atoms with Gasteiger partial charge >= 0.3 is 0 Å². The number of rotatable bonds is 12. The molecule has 8 nitrogen and oxygen atoms in total. The molecule has 3 aliphatic rings. The molecule has 4 rings (SSSR count). The van der Waals surface area contributed by atoms with Crippen LogP contribution in [0.1, 0.15) is 46.5 Å². The summed E-state index contributed by atoms with van der Waals surface area (Å²) < 4.78 is 6.76. The summed E-state index contributed by atoms with van der Waals surface area (Å²) in [5, 5.41) is 10.7. The Kier molecular flexibility index (Phi) is 8.59. The molecule has 3 aliphatic heterocycles. The molecule has 1 aromatic rings. The van der Waals surface area contributed by atoms with Crippen molar-refractivity contribution < 1.29 is 24.2 Å². The van der Waals surface area contributed by atoms with Crippen LogP contribution in [0.3, 0.4) is 0 Å². The number of carbonyl (C=O) groups excluding carboxylic acids is 3. The van der Waals surface area contributed by atoms with Crippen LogP contribution in [0.25, 0.3) is 0 Å². The fourth-order valence-corrected chi connectivity index (χ4v) is 7.23. The molecule has 212 valence electrons. The highest BCUT2D eigenvalue weighted by Crippen LogP contribution is 2.64. The van der Waals surface area contributed by atoms with Crippen LogP contribution in [0.2, 0.25) is 5.02 Å². The van der Waals surface area contributed by atoms with Gasteiger partial charge in [0, 0.05) is 19.6 Å². The van der Waals surface area contributed by atoms with E-state index in [2.05, 4.69) is 13.2 Å². The van der Waals surface area contributed by atoms with E-state index in [1.165, 1.54) is 9.80 Å². The molecule has 3 fully saturated rings. The Morgan fingerprint density at radius 3 is 2.49 bits per heavy atom. The summed E-state index contributed by atoms with van der Waals surface area (Å²) in [5.74, 6) is -2.41. The molecule has 9 heteroatoms. The second-order valence-corrected chi connectivity index (χ2v) is 11.4. The molecule has 0 radical (unpaired) electrons. The maximum absolute atomic E-state index is 14.6. The van der Waals surface area contributed by atoms with Crippen LogP contribution in [0.5, 0.6) is 0 Å². The van der Waals surface area contributed by atoms with E-state index >= 15 is 0 Å². The Morgan fingerprint density at radius 2 is 1.90 bits per heavy atom. The lowest BCUT2D eigenvalue weighted by atomic mass is 9.66. The number of amides is 3. The topological polar surface area (TPSA) is 90.4 Å². The van der Waals surface area contributed by atoms with Crippen LogP contribution in [0, 0.1) is 11.8 Å². The zero-order valence-corrected chi connectivity index (χ0v) is 23.9. The van der Waals surface area contributed by atoms with Gasteiger partial charge in [0.25, 0.3) is 5.91 Å². The Bertz CT molecular complexity index is 1140. The molecule has 2 unspecified atom stereocenters. The van der Waals surface area contributed by atoms with E-state index in [0.717, 1.165) is 6.42 Å². The van der Waals surface area contributed by atoms with Gasteiger partial charge in [0.15, 0.2) is 0 Å². The van der Waals surface area contributed by atoms with Crippen molar-refractivity contribution in [3.8, 4) is 0 Å². The number of carbonyl (C=O) groups is 3. The first-order valence-electron chi connectivity index (χ1n) is 13.8. The number of halogens is 1. The SMILES string of the molecule is C=CCN(CCC)C(=O)[C@@H]1[C@H]2C(=O)N([C@@H](CC)CO)C(C(=O)N(CC=C)c3ccccc3Cl)C23CC[C@@]1(C)O3. The van der Waals surface area contributed by atoms with Crippen molar-refractivity contribution in [2.45, 2.75) is 69.7 Å². The number of hydrogen-bond acceptors (Lipinski definition) is 5. The van der Waals surface area contributed by atoms with Gasteiger partial charge in [0.2, 0.25) is 11.8 Å². The Hall–Kier alpha value is -2.68. The molecule has 3 saturated heterocycles. The van der Waals surface area contributed by atoms with Crippen molar-refractivity contribution in [1.82, 2.24) is 9.80 Å². The quantitative estimate of drug-likeness (QED) is 0.395. The van der Waals surface area contributed by atoms with Crippen LogP contribution in [-0.4, -0.2) is 82.2 Å². The summed E-state index contributed by atoms with van der Waals surface area (Å²) in [7, 11) is 0. The molecule has 2 bridgehead atoms. The van der Waals surface area contributed by atoms with E-state index in [1.807, 2.05) is 20.8 Å². The summed E-state index contributed by atoms with van der Waals surface area (Å²) in [6.07, 6.45) is 5.50. The molecule has 6 atom stereocenters. The van der Waals surface area contributed by atoms with Crippen molar-refractivity contribution in [1.29, 1.82) is 0 Å². The predicted octanol–water partition coefficient (Wildman–Crippen LogP) is 3.82. The van der Waals surface area contributed by atoms with Crippen molar-refractivity contribution in [2.24, 2.45) is 11.8 Å². The summed E-state index contributed by atoms with van der Waals surface area (Å²) in [5.41, 5.74) is -1.58. The molecular weight excluding hydrogens is 518 g/mol. The molecular formula is C30H40ClN3O5. The van der Waals surface area contributed by atoms with E-state index in [9.17, 15) is 19.5 Å². The maximum atomic E-state index is 14.6. The zero-order chi connectivity index (χ0) is 28.5. The van der Waals surface area contributed by atoms with Gasteiger partial charge in [-0.2, -0.15) is 0 Å². The number of hydrogen-bond donors (Lipinski definition) is 1. The average Bonchev–Trinajstić information content (AvgIpc) is 3.49. The summed E-state index contributed by atoms with van der Waals surface area (Å²) in [6, 6.07) is 5.40. The lowest BCUT2D eigenvalue weighted by molar-refractivity contribution is -0.152. The number of anilines is 1. The van der Waals surface area contributed by atoms with Gasteiger partial charge in [-0.05, 0) is 44.7 Å². The highest BCUT2D eigenvalue weighted by molar-refractivity contribution is 6.34. The minimum atomic E-state index is -1.20. The molecule has 3 amide bonds. The average molecular weight is 558 g/mol. The normalized spacial score (nSPS) is 29.7. The van der Waals surface area contributed by atoms with Crippen LogP contribution in [-0.2, 0) is 19.1 Å². The fourth-order valence-electron chi connectivity index (χ4n) is 6.99. The highest BCUT2D eigenvalue weighted by Gasteiger charge is 2.78. The van der Waals surface area contributed by atoms with Gasteiger partial charge < -0.3 is 24.5 Å². The number of ether oxygens (including phenoxy) is 1. The lowest BCUT2D eigenvalue weighted by Gasteiger charge is -2.39. The first-order chi connectivity index (χ1) is 18.6. The van der Waals surface area contributed by atoms with Gasteiger partial charge in [0.05, 0.1) is 40.8 Å². The summed E-state index contributed by atoms with van der Waals surface area (Å²) >= 11 is 6.52. The third-order valence-corrected chi connectivity index (χ3v) is 8.99. The number of nitrogens with zero attached hydrogens (tertiary/aromatic N) is 3. The molecule has 0 aliphatic carbocycles. The second-order valence-electron chi connectivity index (χ2n) is 11.0. The molecule has 1 spiro atoms. The van der Waals surface area contributed by atoms with Gasteiger partial charge in [-0.25, -0.2) is 0 Å². The molecule has 39 heavy (non-hydrogen) atoms. The summed E-state index contributed by atoms with van der Waals surface area (Å²) in [4.78, 5) is 47.7. The van der Waals surface area contributed by atoms with E-state index in [0.29, 0.717) is 43.1 Å². The van der Waals surface area contributed by atoms with Crippen LogP contribution < -0.4 is 4.90 Å². The highest BCUT2D eigenvalue weighted by atomic mass is 35.5. The Labute approximate surface area is 236 Å². The van der Waals surface area contributed by atoms with E-state index < -0.39 is 35.1 Å². The smallest absolute Gasteiger partial charge is 0.253 e. The van der Waals surface area contributed by atoms with Crippen molar-refractivity contribution in [3.63, 3.8) is 0 Å². The molecule has 1 aromatic carbocycles. The first-order valence-corrected chi connectivity index (χ1v) is 14.2. The van der Waals surface area contributed by atoms with Crippen LogP contribution >= 0.6 is 11.6 Å². The van der Waals surface area contributed by atoms with Gasteiger partial charge in [-0.3, -0.25) is 14.4 Å². The molecule has 3 heterocycles. The number of likely N-dealkylation sites (tertiary alicyclic amines) is 1. The van der Waals surface area contributed by atoms with Gasteiger partial charge in [-0.15, -0.1) is 13.2 Å². The van der Waals surface area contributed by atoms with E-state index in [4.69, 9.17) is 16.3 Å². The predicted molar refractivity (Wildman–Crippen MR) is 151 cm³/mol. The third-order valence-electron chi connectivity index (χ3n) is 8.67. The van der Waals surface area contributed by atoms with Crippen LogP contribution in [0.4, 0.5) is 5.69 Å². The largest absolute Gasteiger partial charge is 0.394 e. The fraction of sp³-hybridized carbons (Fsp3) is 0.567. The monoisotopic (exact) mass is 557 g/mol. The number of aliphatic hydroxyl groups excluding tert-OH is 1. The molecule has 0 aromatic heterocycles. The standard InChI is InChI=1S/C30H40ClN3O5/c1-6-16-32(17-7-2)26(36)23-24-27(37)34(20(9-4)19-35)25(30(24)15-14-29(23,5)39-30)28(38)33(18-8-3)22-13-11-10-12-21(22)31/h6,8,10-13,20,23-25,35H,1,3,7,9,14-19H2,2,4-5H3/t20-,23-,24-,25?,29+,30?/m0/s1. The minimum absolute atomic E-state index is 0.154. The molecule has 1 N–H and O–H groups in total. The molecule has 0 saturated carbocycles. The van der Waals surface area contributed by atoms with Crippen molar-refractivity contribution in [2.75, 3.05) is 31.1 Å². The lowest BCUT2D eigenvalue weighted by Crippen LogP contribution is -2.59. The summed E-state index contributed by atoms with van der Waals surface area (Å²) in [6.45, 7) is 14.1. The second kappa shape index (κ2) is 11.4. The van der Waals surface area contributed by atoms with E-state index in [-0.39, 0.29) is 30.9 Å². The van der Waals surface area contributed by atoms with Gasteiger partial charge in [-0.1, -0.05) is 49.7 Å². The van der Waals surface area contributed by atoms with E-state index in [1.54, 1.807) is 41.3 Å². The number of benzene rings is 1. The zero-order valence-electron chi connectivity index (χ0n) is 23.1. The van der Waals surface area contributed by atoms with Gasteiger partial charge in [0.1, 0.15) is 11.6 Å². The number of aliphatic hydroxyl groups is 1. The maximum Gasteiger partial charge on any atom is 0.253 e. The van der Waals surface area contributed by atoms with Crippen molar-refractivity contribution >= 4 is 35.0 Å². The number of fused-ring (bicyclic) bond motifs is 1. The first kappa shape index (κ1) is 29.3. The van der Waals surface area contributed by atoms with Crippen LogP contribution in [0.15, 0.2) is 49.6 Å². The Balaban J connectivity index is 1.85. The van der Waals surface area contributed by atoms with Crippen molar-refractivity contribution in [3.05, 3.63) is 54.6 Å². The Morgan fingerprint density at radius 1 is 1.21 bits per heavy atom. The number of para-hydroxylation sites is 1.